The summed E-state index contributed by atoms with van der Waals surface area (Å²) in [6.07, 6.45) is 1.83. The van der Waals surface area contributed by atoms with Gasteiger partial charge in [0.15, 0.2) is 0 Å². The molecule has 0 aliphatic heterocycles. The van der Waals surface area contributed by atoms with E-state index in [1.807, 2.05) is 34.6 Å². The van der Waals surface area contributed by atoms with E-state index in [0.29, 0.717) is 11.3 Å². The number of ether oxygens (including phenoxy) is 1. The first-order chi connectivity index (χ1) is 7.76. The minimum Gasteiger partial charge on any atom is -0.465 e. The van der Waals surface area contributed by atoms with Crippen LogP contribution in [0.3, 0.4) is 0 Å². The molecule has 96 valence electrons. The molecule has 0 saturated heterocycles. The quantitative estimate of drug-likeness (QED) is 0.752. The first kappa shape index (κ1) is 13.8. The molecule has 0 aromatic carbocycles. The van der Waals surface area contributed by atoms with Gasteiger partial charge in [-0.1, -0.05) is 13.3 Å². The number of carbonyl (C=O) groups is 1. The van der Waals surface area contributed by atoms with Crippen molar-refractivity contribution in [3.63, 3.8) is 0 Å². The molecule has 0 bridgehead atoms. The summed E-state index contributed by atoms with van der Waals surface area (Å²) < 4.78 is 10.9. The summed E-state index contributed by atoms with van der Waals surface area (Å²) in [4.78, 5) is 12.1. The zero-order chi connectivity index (χ0) is 13.2. The molecule has 0 spiro atoms. The van der Waals surface area contributed by atoms with E-state index in [1.165, 1.54) is 0 Å². The molecule has 0 radical (unpaired) electrons. The van der Waals surface area contributed by atoms with Crippen LogP contribution in [-0.2, 0) is 11.2 Å². The maximum Gasteiger partial charge on any atom is 0.342 e. The van der Waals surface area contributed by atoms with Gasteiger partial charge in [-0.2, -0.15) is 0 Å². The highest BCUT2D eigenvalue weighted by atomic mass is 16.6. The van der Waals surface area contributed by atoms with Crippen LogP contribution in [0.15, 0.2) is 4.42 Å². The maximum absolute atomic E-state index is 12.1. The molecule has 1 aromatic rings. The minimum atomic E-state index is -0.474. The summed E-state index contributed by atoms with van der Waals surface area (Å²) >= 11 is 0. The van der Waals surface area contributed by atoms with Crippen molar-refractivity contribution in [3.8, 4) is 0 Å². The third kappa shape index (κ3) is 3.35. The molecule has 0 aliphatic rings. The number of esters is 1. The smallest absolute Gasteiger partial charge is 0.342 e. The fraction of sp³-hybridized carbons (Fsp3) is 0.643. The fourth-order valence-corrected chi connectivity index (χ4v) is 1.88. The van der Waals surface area contributed by atoms with E-state index in [2.05, 4.69) is 6.92 Å². The summed E-state index contributed by atoms with van der Waals surface area (Å²) in [7, 11) is 0. The van der Waals surface area contributed by atoms with Crippen molar-refractivity contribution < 1.29 is 13.9 Å². The number of carbonyl (C=O) groups excluding carboxylic acids is 1. The Morgan fingerprint density at radius 2 is 1.82 bits per heavy atom. The summed E-state index contributed by atoms with van der Waals surface area (Å²) in [6.45, 7) is 11.4. The van der Waals surface area contributed by atoms with Gasteiger partial charge in [0.25, 0.3) is 0 Å². The Kier molecular flexibility index (Phi) is 4.02. The molecule has 0 fully saturated rings. The van der Waals surface area contributed by atoms with E-state index in [9.17, 15) is 4.79 Å². The van der Waals surface area contributed by atoms with Crippen LogP contribution in [0.1, 0.15) is 61.6 Å². The lowest BCUT2D eigenvalue weighted by atomic mass is 10.0. The third-order valence-corrected chi connectivity index (χ3v) is 2.49. The number of hydrogen-bond acceptors (Lipinski definition) is 3. The summed E-state index contributed by atoms with van der Waals surface area (Å²) in [5.41, 5.74) is 1.12. The molecule has 0 atom stereocenters. The Hall–Kier alpha value is -1.25. The zero-order valence-electron chi connectivity index (χ0n) is 11.6. The predicted molar refractivity (Wildman–Crippen MR) is 67.3 cm³/mol. The van der Waals surface area contributed by atoms with Crippen LogP contribution >= 0.6 is 0 Å². The van der Waals surface area contributed by atoms with Crippen molar-refractivity contribution in [1.29, 1.82) is 0 Å². The Morgan fingerprint density at radius 3 is 2.29 bits per heavy atom. The van der Waals surface area contributed by atoms with Gasteiger partial charge in [-0.3, -0.25) is 0 Å². The summed E-state index contributed by atoms with van der Waals surface area (Å²) in [5, 5.41) is 0. The molecule has 3 heteroatoms. The molecule has 0 aliphatic carbocycles. The second kappa shape index (κ2) is 4.94. The lowest BCUT2D eigenvalue weighted by Crippen LogP contribution is -2.24. The van der Waals surface area contributed by atoms with Crippen LogP contribution in [0.4, 0.5) is 0 Å². The van der Waals surface area contributed by atoms with E-state index in [0.717, 1.165) is 24.2 Å². The second-order valence-electron chi connectivity index (χ2n) is 5.32. The van der Waals surface area contributed by atoms with E-state index >= 15 is 0 Å². The van der Waals surface area contributed by atoms with E-state index < -0.39 is 5.60 Å². The minimum absolute atomic E-state index is 0.282. The molecule has 3 nitrogen and oxygen atoms in total. The molecule has 0 amide bonds. The standard InChI is InChI=1S/C14H22O3/c1-7-8-11-9(2)16-10(3)12(11)13(15)17-14(4,5)6/h7-8H2,1-6H3. The first-order valence-electron chi connectivity index (χ1n) is 6.08. The fourth-order valence-electron chi connectivity index (χ4n) is 1.88. The second-order valence-corrected chi connectivity index (χ2v) is 5.32. The van der Waals surface area contributed by atoms with Gasteiger partial charge in [0.2, 0.25) is 0 Å². The highest BCUT2D eigenvalue weighted by molar-refractivity contribution is 5.92. The van der Waals surface area contributed by atoms with Gasteiger partial charge >= 0.3 is 5.97 Å². The van der Waals surface area contributed by atoms with Gasteiger partial charge < -0.3 is 9.15 Å². The highest BCUT2D eigenvalue weighted by Gasteiger charge is 2.25. The largest absolute Gasteiger partial charge is 0.465 e. The third-order valence-electron chi connectivity index (χ3n) is 2.49. The zero-order valence-corrected chi connectivity index (χ0v) is 11.6. The van der Waals surface area contributed by atoms with Crippen LogP contribution in [0.2, 0.25) is 0 Å². The molecule has 1 aromatic heterocycles. The number of hydrogen-bond donors (Lipinski definition) is 0. The SMILES string of the molecule is CCCc1c(C)oc(C)c1C(=O)OC(C)(C)C. The van der Waals surface area contributed by atoms with Crippen molar-refractivity contribution in [1.82, 2.24) is 0 Å². The average molecular weight is 238 g/mol. The molecule has 0 N–H and O–H groups in total. The van der Waals surface area contributed by atoms with E-state index in [-0.39, 0.29) is 5.97 Å². The monoisotopic (exact) mass is 238 g/mol. The van der Waals surface area contributed by atoms with Gasteiger partial charge in [-0.05, 0) is 41.0 Å². The number of aryl methyl sites for hydroxylation is 2. The molecule has 1 heterocycles. The molecule has 1 rings (SSSR count). The van der Waals surface area contributed by atoms with E-state index in [1.54, 1.807) is 0 Å². The van der Waals surface area contributed by atoms with Gasteiger partial charge in [0, 0.05) is 5.56 Å². The molecular weight excluding hydrogens is 216 g/mol. The van der Waals surface area contributed by atoms with Gasteiger partial charge in [-0.25, -0.2) is 4.79 Å². The topological polar surface area (TPSA) is 39.4 Å². The molecule has 17 heavy (non-hydrogen) atoms. The first-order valence-corrected chi connectivity index (χ1v) is 6.08. The lowest BCUT2D eigenvalue weighted by Gasteiger charge is -2.19. The number of furan rings is 1. The molecular formula is C14H22O3. The number of rotatable bonds is 3. The summed E-state index contributed by atoms with van der Waals surface area (Å²) in [5.74, 6) is 1.20. The van der Waals surface area contributed by atoms with Crippen molar-refractivity contribution in [3.05, 3.63) is 22.6 Å². The Balaban J connectivity index is 3.08. The van der Waals surface area contributed by atoms with Crippen LogP contribution in [0, 0.1) is 13.8 Å². The van der Waals surface area contributed by atoms with Crippen LogP contribution in [0.25, 0.3) is 0 Å². The van der Waals surface area contributed by atoms with E-state index in [4.69, 9.17) is 9.15 Å². The predicted octanol–water partition coefficient (Wildman–Crippen LogP) is 3.80. The lowest BCUT2D eigenvalue weighted by molar-refractivity contribution is 0.00668. The Bertz CT molecular complexity index is 408. The normalized spacial score (nSPS) is 11.6. The van der Waals surface area contributed by atoms with Crippen LogP contribution < -0.4 is 0 Å². The maximum atomic E-state index is 12.1. The molecule has 0 saturated carbocycles. The van der Waals surface area contributed by atoms with Gasteiger partial charge in [0.05, 0.1) is 0 Å². The van der Waals surface area contributed by atoms with Crippen molar-refractivity contribution in [2.75, 3.05) is 0 Å². The van der Waals surface area contributed by atoms with Crippen LogP contribution in [-0.4, -0.2) is 11.6 Å². The Morgan fingerprint density at radius 1 is 1.24 bits per heavy atom. The Labute approximate surface area is 103 Å². The van der Waals surface area contributed by atoms with Crippen LogP contribution in [0.5, 0.6) is 0 Å². The molecule has 0 unspecified atom stereocenters. The van der Waals surface area contributed by atoms with Gasteiger partial charge in [-0.15, -0.1) is 0 Å². The average Bonchev–Trinajstić information content (AvgIpc) is 2.39. The summed E-state index contributed by atoms with van der Waals surface area (Å²) in [6, 6.07) is 0. The van der Waals surface area contributed by atoms with Crippen molar-refractivity contribution >= 4 is 5.97 Å². The highest BCUT2D eigenvalue weighted by Crippen LogP contribution is 2.25. The van der Waals surface area contributed by atoms with Crippen molar-refractivity contribution in [2.45, 2.75) is 60.0 Å². The van der Waals surface area contributed by atoms with Gasteiger partial charge in [0.1, 0.15) is 22.7 Å². The van der Waals surface area contributed by atoms with Crippen molar-refractivity contribution in [2.24, 2.45) is 0 Å².